The third-order valence-corrected chi connectivity index (χ3v) is 5.56. The van der Waals surface area contributed by atoms with E-state index >= 15 is 0 Å². The van der Waals surface area contributed by atoms with Crippen molar-refractivity contribution in [2.24, 2.45) is 5.92 Å². The molecule has 29 heavy (non-hydrogen) atoms. The highest BCUT2D eigenvalue weighted by molar-refractivity contribution is 6.01. The van der Waals surface area contributed by atoms with Crippen LogP contribution >= 0.6 is 0 Å². The molecule has 0 bridgehead atoms. The average molecular weight is 395 g/mol. The zero-order valence-corrected chi connectivity index (χ0v) is 16.2. The van der Waals surface area contributed by atoms with Crippen molar-refractivity contribution in [1.29, 1.82) is 0 Å². The second-order valence-corrected chi connectivity index (χ2v) is 7.45. The molecular formula is C22H22FN3O3. The number of hydrogen-bond acceptors (Lipinski definition) is 3. The lowest BCUT2D eigenvalue weighted by Crippen LogP contribution is -2.32. The molecule has 0 radical (unpaired) electrons. The lowest BCUT2D eigenvalue weighted by Gasteiger charge is -2.19. The van der Waals surface area contributed by atoms with Gasteiger partial charge in [0.1, 0.15) is 5.82 Å². The maximum Gasteiger partial charge on any atom is 0.227 e. The minimum Gasteiger partial charge on any atom is -0.352 e. The van der Waals surface area contributed by atoms with Crippen molar-refractivity contribution in [3.05, 3.63) is 59.4 Å². The first kappa shape index (κ1) is 19.1. The molecule has 1 saturated heterocycles. The Morgan fingerprint density at radius 3 is 2.76 bits per heavy atom. The maximum absolute atomic E-state index is 13.7. The molecule has 2 aromatic carbocycles. The Bertz CT molecular complexity index is 991. The normalized spacial score (nSPS) is 18.1. The van der Waals surface area contributed by atoms with Crippen LogP contribution in [0.15, 0.2) is 42.5 Å². The number of nitrogens with one attached hydrogen (secondary N) is 1. The quantitative estimate of drug-likeness (QED) is 0.864. The second-order valence-electron chi connectivity index (χ2n) is 7.45. The number of rotatable bonds is 4. The van der Waals surface area contributed by atoms with Gasteiger partial charge in [-0.3, -0.25) is 14.4 Å². The van der Waals surface area contributed by atoms with Gasteiger partial charge in [0.2, 0.25) is 17.7 Å². The molecule has 2 aliphatic heterocycles. The Morgan fingerprint density at radius 2 is 2.00 bits per heavy atom. The second kappa shape index (κ2) is 7.66. The van der Waals surface area contributed by atoms with Crippen LogP contribution in [0.3, 0.4) is 0 Å². The predicted octanol–water partition coefficient (Wildman–Crippen LogP) is 2.40. The summed E-state index contributed by atoms with van der Waals surface area (Å²) in [6.07, 6.45) is 0.872. The predicted molar refractivity (Wildman–Crippen MR) is 107 cm³/mol. The van der Waals surface area contributed by atoms with E-state index in [-0.39, 0.29) is 43.0 Å². The lowest BCUT2D eigenvalue weighted by atomic mass is 10.1. The van der Waals surface area contributed by atoms with Crippen LogP contribution in [0.5, 0.6) is 0 Å². The van der Waals surface area contributed by atoms with Crippen molar-refractivity contribution in [3.8, 4) is 0 Å². The fraction of sp³-hybridized carbons (Fsp3) is 0.318. The monoisotopic (exact) mass is 395 g/mol. The summed E-state index contributed by atoms with van der Waals surface area (Å²) in [5, 5.41) is 2.73. The third-order valence-electron chi connectivity index (χ3n) is 5.56. The van der Waals surface area contributed by atoms with E-state index in [9.17, 15) is 18.8 Å². The van der Waals surface area contributed by atoms with Crippen LogP contribution in [0.4, 0.5) is 15.8 Å². The van der Waals surface area contributed by atoms with Gasteiger partial charge in [-0.15, -0.1) is 0 Å². The summed E-state index contributed by atoms with van der Waals surface area (Å²) in [7, 11) is 0. The first-order chi connectivity index (χ1) is 13.9. The number of anilines is 2. The van der Waals surface area contributed by atoms with Crippen molar-refractivity contribution >= 4 is 29.1 Å². The van der Waals surface area contributed by atoms with Crippen molar-refractivity contribution in [2.45, 2.75) is 26.3 Å². The molecule has 1 atom stereocenters. The molecule has 0 spiro atoms. The highest BCUT2D eigenvalue weighted by Crippen LogP contribution is 2.34. The molecular weight excluding hydrogens is 373 g/mol. The SMILES string of the molecule is CC(=O)N1CCc2cc(N3C[C@H](C(=O)NCc4ccccc4F)CC3=O)ccc21. The van der Waals surface area contributed by atoms with Gasteiger partial charge >= 0.3 is 0 Å². The van der Waals surface area contributed by atoms with Gasteiger partial charge in [-0.25, -0.2) is 4.39 Å². The topological polar surface area (TPSA) is 69.7 Å². The number of nitrogens with zero attached hydrogens (tertiary/aromatic N) is 2. The third kappa shape index (κ3) is 3.72. The number of fused-ring (bicyclic) bond motifs is 1. The number of benzene rings is 2. The number of carbonyl (C=O) groups is 3. The van der Waals surface area contributed by atoms with Crippen molar-refractivity contribution in [3.63, 3.8) is 0 Å². The van der Waals surface area contributed by atoms with Gasteiger partial charge in [0.15, 0.2) is 0 Å². The Labute approximate surface area is 168 Å². The number of halogens is 1. The highest BCUT2D eigenvalue weighted by atomic mass is 19.1. The number of amides is 3. The summed E-state index contributed by atoms with van der Waals surface area (Å²) in [4.78, 5) is 40.1. The van der Waals surface area contributed by atoms with Crippen molar-refractivity contribution in [2.75, 3.05) is 22.9 Å². The van der Waals surface area contributed by atoms with E-state index in [0.717, 1.165) is 23.4 Å². The van der Waals surface area contributed by atoms with E-state index in [1.807, 2.05) is 18.2 Å². The zero-order valence-electron chi connectivity index (χ0n) is 16.2. The summed E-state index contributed by atoms with van der Waals surface area (Å²) >= 11 is 0. The molecule has 0 saturated carbocycles. The van der Waals surface area contributed by atoms with E-state index < -0.39 is 5.92 Å². The molecule has 2 aromatic rings. The molecule has 0 aliphatic carbocycles. The summed E-state index contributed by atoms with van der Waals surface area (Å²) in [5.74, 6) is -1.21. The lowest BCUT2D eigenvalue weighted by molar-refractivity contribution is -0.126. The summed E-state index contributed by atoms with van der Waals surface area (Å²) in [5.41, 5.74) is 3.06. The average Bonchev–Trinajstić information content (AvgIpc) is 3.30. The zero-order chi connectivity index (χ0) is 20.5. The van der Waals surface area contributed by atoms with E-state index in [1.54, 1.807) is 28.0 Å². The molecule has 0 unspecified atom stereocenters. The molecule has 2 aliphatic rings. The van der Waals surface area contributed by atoms with E-state index in [2.05, 4.69) is 5.32 Å². The van der Waals surface area contributed by atoms with Gasteiger partial charge in [-0.2, -0.15) is 0 Å². The van der Waals surface area contributed by atoms with Gasteiger partial charge in [0, 0.05) is 49.9 Å². The van der Waals surface area contributed by atoms with E-state index in [4.69, 9.17) is 0 Å². The Kier molecular flexibility index (Phi) is 5.05. The maximum atomic E-state index is 13.7. The van der Waals surface area contributed by atoms with Gasteiger partial charge in [0.05, 0.1) is 5.92 Å². The summed E-state index contributed by atoms with van der Waals surface area (Å²) < 4.78 is 13.7. The van der Waals surface area contributed by atoms with Crippen LogP contribution in [0, 0.1) is 11.7 Å². The number of hydrogen-bond donors (Lipinski definition) is 1. The Hall–Kier alpha value is -3.22. The van der Waals surface area contributed by atoms with Crippen molar-refractivity contribution in [1.82, 2.24) is 5.32 Å². The van der Waals surface area contributed by atoms with Crippen molar-refractivity contribution < 1.29 is 18.8 Å². The largest absolute Gasteiger partial charge is 0.352 e. The highest BCUT2D eigenvalue weighted by Gasteiger charge is 2.35. The Balaban J connectivity index is 1.42. The van der Waals surface area contributed by atoms with Crippen LogP contribution in [0.2, 0.25) is 0 Å². The van der Waals surface area contributed by atoms with Gasteiger partial charge in [0.25, 0.3) is 0 Å². The van der Waals surface area contributed by atoms with Gasteiger partial charge in [-0.1, -0.05) is 18.2 Å². The fourth-order valence-corrected chi connectivity index (χ4v) is 3.98. The molecule has 2 heterocycles. The van der Waals surface area contributed by atoms with E-state index in [0.29, 0.717) is 12.1 Å². The fourth-order valence-electron chi connectivity index (χ4n) is 3.98. The minimum absolute atomic E-state index is 0.000312. The summed E-state index contributed by atoms with van der Waals surface area (Å²) in [6, 6.07) is 11.9. The first-order valence-corrected chi connectivity index (χ1v) is 9.66. The molecule has 3 amide bonds. The van der Waals surface area contributed by atoms with Crippen LogP contribution in [0.1, 0.15) is 24.5 Å². The molecule has 0 aromatic heterocycles. The molecule has 6 nitrogen and oxygen atoms in total. The van der Waals surface area contributed by atoms with Crippen LogP contribution in [0.25, 0.3) is 0 Å². The first-order valence-electron chi connectivity index (χ1n) is 9.66. The van der Waals surface area contributed by atoms with Crippen LogP contribution in [-0.2, 0) is 27.3 Å². The van der Waals surface area contributed by atoms with Crippen LogP contribution < -0.4 is 15.1 Å². The standard InChI is InChI=1S/C22H22FN3O3/c1-14(27)25-9-8-15-10-18(6-7-20(15)25)26-13-17(11-21(26)28)22(29)24-12-16-4-2-3-5-19(16)23/h2-7,10,17H,8-9,11-13H2,1H3,(H,24,29)/t17-/m1/s1. The smallest absolute Gasteiger partial charge is 0.227 e. The molecule has 7 heteroatoms. The van der Waals surface area contributed by atoms with Gasteiger partial charge < -0.3 is 15.1 Å². The molecule has 150 valence electrons. The summed E-state index contributed by atoms with van der Waals surface area (Å²) in [6.45, 7) is 2.56. The van der Waals surface area contributed by atoms with Gasteiger partial charge in [-0.05, 0) is 36.2 Å². The number of carbonyl (C=O) groups excluding carboxylic acids is 3. The van der Waals surface area contributed by atoms with E-state index in [1.165, 1.54) is 13.0 Å². The molecule has 1 N–H and O–H groups in total. The van der Waals surface area contributed by atoms with Crippen LogP contribution in [-0.4, -0.2) is 30.8 Å². The Morgan fingerprint density at radius 1 is 1.21 bits per heavy atom. The molecule has 4 rings (SSSR count). The molecule has 1 fully saturated rings. The minimum atomic E-state index is -0.476.